The largest absolute Gasteiger partial charge is 0.345 e. The van der Waals surface area contributed by atoms with Gasteiger partial charge in [-0.2, -0.15) is 0 Å². The zero-order valence-corrected chi connectivity index (χ0v) is 14.0. The molecule has 1 aliphatic carbocycles. The molecule has 2 atom stereocenters. The number of hydrogen-bond donors (Lipinski definition) is 2. The molecule has 0 spiro atoms. The van der Waals surface area contributed by atoms with E-state index in [1.807, 2.05) is 36.4 Å². The number of nitrogens with one attached hydrogen (secondary N) is 1. The number of rotatable bonds is 5. The molecule has 126 valence electrons. The first-order chi connectivity index (χ1) is 11.7. The monoisotopic (exact) mass is 322 g/mol. The standard InChI is InChI=1S/C21H26N2O/c22-19-14-8-7-13-18(19)15-20(24)23-21(16-9-3-1-4-10-16)17-11-5-2-6-12-17/h1-6,9-12,18-19,21H,7-8,13-15,22H2,(H,23,24). The van der Waals surface area contributed by atoms with Crippen molar-refractivity contribution in [2.45, 2.75) is 44.2 Å². The zero-order chi connectivity index (χ0) is 16.8. The molecule has 3 rings (SSSR count). The smallest absolute Gasteiger partial charge is 0.221 e. The highest BCUT2D eigenvalue weighted by molar-refractivity contribution is 5.77. The lowest BCUT2D eigenvalue weighted by atomic mass is 9.82. The van der Waals surface area contributed by atoms with Gasteiger partial charge in [0.25, 0.3) is 0 Å². The lowest BCUT2D eigenvalue weighted by Gasteiger charge is -2.29. The minimum Gasteiger partial charge on any atom is -0.345 e. The van der Waals surface area contributed by atoms with E-state index in [4.69, 9.17) is 5.73 Å². The molecule has 0 aromatic heterocycles. The van der Waals surface area contributed by atoms with Crippen molar-refractivity contribution in [2.75, 3.05) is 0 Å². The topological polar surface area (TPSA) is 55.1 Å². The Morgan fingerprint density at radius 2 is 1.50 bits per heavy atom. The van der Waals surface area contributed by atoms with E-state index in [0.29, 0.717) is 12.3 Å². The lowest BCUT2D eigenvalue weighted by molar-refractivity contribution is -0.122. The summed E-state index contributed by atoms with van der Waals surface area (Å²) in [5.74, 6) is 0.404. The SMILES string of the molecule is NC1CCCCC1CC(=O)NC(c1ccccc1)c1ccccc1. The summed E-state index contributed by atoms with van der Waals surface area (Å²) in [6.45, 7) is 0. The Balaban J connectivity index is 1.73. The highest BCUT2D eigenvalue weighted by Gasteiger charge is 2.25. The maximum Gasteiger partial charge on any atom is 0.221 e. The van der Waals surface area contributed by atoms with Crippen LogP contribution in [-0.2, 0) is 4.79 Å². The summed E-state index contributed by atoms with van der Waals surface area (Å²) < 4.78 is 0. The second-order valence-corrected chi connectivity index (χ2v) is 6.73. The van der Waals surface area contributed by atoms with Crippen LogP contribution in [0, 0.1) is 5.92 Å². The van der Waals surface area contributed by atoms with Gasteiger partial charge in [-0.3, -0.25) is 4.79 Å². The molecule has 0 aliphatic heterocycles. The van der Waals surface area contributed by atoms with Gasteiger partial charge in [-0.15, -0.1) is 0 Å². The van der Waals surface area contributed by atoms with Crippen LogP contribution in [0.1, 0.15) is 49.3 Å². The van der Waals surface area contributed by atoms with Crippen LogP contribution in [0.3, 0.4) is 0 Å². The van der Waals surface area contributed by atoms with Gasteiger partial charge >= 0.3 is 0 Å². The molecule has 0 radical (unpaired) electrons. The summed E-state index contributed by atoms with van der Waals surface area (Å²) in [5.41, 5.74) is 8.40. The van der Waals surface area contributed by atoms with Crippen molar-refractivity contribution >= 4 is 5.91 Å². The number of nitrogens with two attached hydrogens (primary N) is 1. The van der Waals surface area contributed by atoms with Crippen molar-refractivity contribution in [3.8, 4) is 0 Å². The lowest BCUT2D eigenvalue weighted by Crippen LogP contribution is -2.38. The summed E-state index contributed by atoms with van der Waals surface area (Å²) in [6, 6.07) is 20.3. The van der Waals surface area contributed by atoms with E-state index in [0.717, 1.165) is 24.0 Å². The van der Waals surface area contributed by atoms with E-state index < -0.39 is 0 Å². The number of amides is 1. The van der Waals surface area contributed by atoms with Crippen LogP contribution in [0.25, 0.3) is 0 Å². The third-order valence-electron chi connectivity index (χ3n) is 4.99. The first kappa shape index (κ1) is 16.7. The van der Waals surface area contributed by atoms with Crippen LogP contribution in [0.5, 0.6) is 0 Å². The summed E-state index contributed by atoms with van der Waals surface area (Å²) in [7, 11) is 0. The minimum absolute atomic E-state index is 0.0926. The third-order valence-corrected chi connectivity index (χ3v) is 4.99. The van der Waals surface area contributed by atoms with Crippen molar-refractivity contribution in [3.63, 3.8) is 0 Å². The fraction of sp³-hybridized carbons (Fsp3) is 0.381. The van der Waals surface area contributed by atoms with E-state index in [-0.39, 0.29) is 18.0 Å². The average Bonchev–Trinajstić information content (AvgIpc) is 2.63. The Morgan fingerprint density at radius 3 is 2.04 bits per heavy atom. The average molecular weight is 322 g/mol. The molecular formula is C21H26N2O. The first-order valence-corrected chi connectivity index (χ1v) is 8.89. The van der Waals surface area contributed by atoms with Gasteiger partial charge in [0.15, 0.2) is 0 Å². The second kappa shape index (κ2) is 8.11. The molecule has 3 N–H and O–H groups in total. The van der Waals surface area contributed by atoms with Crippen molar-refractivity contribution < 1.29 is 4.79 Å². The predicted molar refractivity (Wildman–Crippen MR) is 97.4 cm³/mol. The summed E-state index contributed by atoms with van der Waals surface area (Å²) in [4.78, 5) is 12.6. The van der Waals surface area contributed by atoms with Crippen LogP contribution < -0.4 is 11.1 Å². The van der Waals surface area contributed by atoms with Gasteiger partial charge in [0.1, 0.15) is 0 Å². The maximum absolute atomic E-state index is 12.6. The molecule has 1 fully saturated rings. The minimum atomic E-state index is -0.111. The Bertz CT molecular complexity index is 602. The van der Waals surface area contributed by atoms with Gasteiger partial charge < -0.3 is 11.1 Å². The van der Waals surface area contributed by atoms with E-state index >= 15 is 0 Å². The second-order valence-electron chi connectivity index (χ2n) is 6.73. The van der Waals surface area contributed by atoms with Crippen molar-refractivity contribution in [3.05, 3.63) is 71.8 Å². The predicted octanol–water partition coefficient (Wildman–Crippen LogP) is 3.80. The molecule has 24 heavy (non-hydrogen) atoms. The van der Waals surface area contributed by atoms with Gasteiger partial charge in [-0.1, -0.05) is 73.5 Å². The quantitative estimate of drug-likeness (QED) is 0.879. The van der Waals surface area contributed by atoms with E-state index in [1.165, 1.54) is 12.8 Å². The maximum atomic E-state index is 12.6. The van der Waals surface area contributed by atoms with E-state index in [9.17, 15) is 4.79 Å². The molecule has 1 aliphatic rings. The molecule has 0 saturated heterocycles. The van der Waals surface area contributed by atoms with Crippen molar-refractivity contribution in [1.82, 2.24) is 5.32 Å². The summed E-state index contributed by atoms with van der Waals surface area (Å²) >= 11 is 0. The molecule has 2 aromatic rings. The van der Waals surface area contributed by atoms with Crippen molar-refractivity contribution in [1.29, 1.82) is 0 Å². The number of hydrogen-bond acceptors (Lipinski definition) is 2. The molecule has 2 unspecified atom stereocenters. The van der Waals surface area contributed by atoms with Crippen LogP contribution in [0.4, 0.5) is 0 Å². The van der Waals surface area contributed by atoms with Crippen LogP contribution in [0.15, 0.2) is 60.7 Å². The fourth-order valence-electron chi connectivity index (χ4n) is 3.60. The summed E-state index contributed by atoms with van der Waals surface area (Å²) in [5, 5.41) is 3.22. The highest BCUT2D eigenvalue weighted by atomic mass is 16.1. The van der Waals surface area contributed by atoms with E-state index in [1.54, 1.807) is 0 Å². The highest BCUT2D eigenvalue weighted by Crippen LogP contribution is 2.27. The molecule has 1 amide bonds. The van der Waals surface area contributed by atoms with Gasteiger partial charge in [0, 0.05) is 12.5 Å². The van der Waals surface area contributed by atoms with Gasteiger partial charge in [0.2, 0.25) is 5.91 Å². The van der Waals surface area contributed by atoms with Gasteiger partial charge in [0.05, 0.1) is 6.04 Å². The fourth-order valence-corrected chi connectivity index (χ4v) is 3.60. The number of benzene rings is 2. The van der Waals surface area contributed by atoms with Crippen LogP contribution >= 0.6 is 0 Å². The Hall–Kier alpha value is -2.13. The molecular weight excluding hydrogens is 296 g/mol. The van der Waals surface area contributed by atoms with Crippen molar-refractivity contribution in [2.24, 2.45) is 11.7 Å². The van der Waals surface area contributed by atoms with Gasteiger partial charge in [-0.25, -0.2) is 0 Å². The number of carbonyl (C=O) groups excluding carboxylic acids is 1. The molecule has 3 nitrogen and oxygen atoms in total. The van der Waals surface area contributed by atoms with Gasteiger partial charge in [-0.05, 0) is 29.9 Å². The zero-order valence-electron chi connectivity index (χ0n) is 14.0. The first-order valence-electron chi connectivity index (χ1n) is 8.89. The Labute approximate surface area is 144 Å². The molecule has 2 aromatic carbocycles. The third kappa shape index (κ3) is 4.24. The molecule has 1 saturated carbocycles. The molecule has 3 heteroatoms. The molecule has 0 bridgehead atoms. The summed E-state index contributed by atoms with van der Waals surface area (Å²) in [6.07, 6.45) is 5.01. The Kier molecular flexibility index (Phi) is 5.65. The van der Waals surface area contributed by atoms with Crippen LogP contribution in [0.2, 0.25) is 0 Å². The number of carbonyl (C=O) groups is 1. The van der Waals surface area contributed by atoms with Crippen LogP contribution in [-0.4, -0.2) is 11.9 Å². The molecule has 0 heterocycles. The Morgan fingerprint density at radius 1 is 0.958 bits per heavy atom. The normalized spacial score (nSPS) is 20.8. The van der Waals surface area contributed by atoms with E-state index in [2.05, 4.69) is 29.6 Å².